The van der Waals surface area contributed by atoms with Gasteiger partial charge in [-0.15, -0.1) is 0 Å². The molecule has 0 radical (unpaired) electrons. The van der Waals surface area contributed by atoms with Gasteiger partial charge in [-0.25, -0.2) is 8.78 Å². The quantitative estimate of drug-likeness (QED) is 0.655. The Morgan fingerprint density at radius 2 is 1.85 bits per heavy atom. The van der Waals surface area contributed by atoms with E-state index in [0.29, 0.717) is 0 Å². The number of halogens is 2. The van der Waals surface area contributed by atoms with E-state index in [2.05, 4.69) is 4.74 Å². The van der Waals surface area contributed by atoms with Gasteiger partial charge in [-0.05, 0) is 6.92 Å². The lowest BCUT2D eigenvalue weighted by Gasteiger charge is -2.15. The van der Waals surface area contributed by atoms with Crippen molar-refractivity contribution in [1.29, 1.82) is 0 Å². The largest absolute Gasteiger partial charge is 0.394 e. The molecule has 1 saturated heterocycles. The second-order valence-electron chi connectivity index (χ2n) is 2.62. The predicted octanol–water partition coefficient (Wildman–Crippen LogP) is 0.788. The summed E-state index contributed by atoms with van der Waals surface area (Å²) < 4.78 is 30.0. The van der Waals surface area contributed by atoms with E-state index in [1.807, 2.05) is 13.8 Å². The van der Waals surface area contributed by atoms with Crippen molar-refractivity contribution in [3.63, 3.8) is 0 Å². The summed E-state index contributed by atoms with van der Waals surface area (Å²) in [5.74, 6) is -3.24. The molecule has 5 heteroatoms. The van der Waals surface area contributed by atoms with E-state index in [1.54, 1.807) is 0 Å². The number of aliphatic hydroxyl groups is 2. The molecule has 0 spiro atoms. The number of aliphatic hydroxyl groups excluding tert-OH is 2. The van der Waals surface area contributed by atoms with Gasteiger partial charge >= 0.3 is 5.92 Å². The molecule has 3 atom stereocenters. The van der Waals surface area contributed by atoms with Crippen LogP contribution in [0.4, 0.5) is 8.78 Å². The van der Waals surface area contributed by atoms with Crippen molar-refractivity contribution in [2.75, 3.05) is 6.61 Å². The van der Waals surface area contributed by atoms with Crippen molar-refractivity contribution in [2.24, 2.45) is 0 Å². The first-order valence-corrected chi connectivity index (χ1v) is 4.32. The van der Waals surface area contributed by atoms with Crippen molar-refractivity contribution >= 4 is 0 Å². The molecule has 1 rings (SSSR count). The number of hydrogen-bond acceptors (Lipinski definition) is 3. The van der Waals surface area contributed by atoms with E-state index >= 15 is 0 Å². The average molecular weight is 198 g/mol. The topological polar surface area (TPSA) is 49.7 Å². The lowest BCUT2D eigenvalue weighted by Crippen LogP contribution is -2.39. The van der Waals surface area contributed by atoms with Crippen molar-refractivity contribution in [2.45, 2.75) is 45.0 Å². The first-order chi connectivity index (χ1) is 6.00. The highest BCUT2D eigenvalue weighted by Crippen LogP contribution is 2.35. The summed E-state index contributed by atoms with van der Waals surface area (Å²) in [5.41, 5.74) is 0. The van der Waals surface area contributed by atoms with E-state index in [1.165, 1.54) is 6.92 Å². The van der Waals surface area contributed by atoms with Crippen LogP contribution in [0.3, 0.4) is 0 Å². The number of ether oxygens (including phenoxy) is 1. The monoisotopic (exact) mass is 198 g/mol. The van der Waals surface area contributed by atoms with E-state index in [-0.39, 0.29) is 0 Å². The lowest BCUT2D eigenvalue weighted by atomic mass is 10.1. The number of alkyl halides is 2. The van der Waals surface area contributed by atoms with Crippen LogP contribution < -0.4 is 0 Å². The Balaban J connectivity index is 0.000000671. The Morgan fingerprint density at radius 1 is 1.38 bits per heavy atom. The molecule has 0 aliphatic carbocycles. The Labute approximate surface area is 76.3 Å². The van der Waals surface area contributed by atoms with Crippen LogP contribution in [0.5, 0.6) is 0 Å². The van der Waals surface area contributed by atoms with Crippen molar-refractivity contribution < 1.29 is 23.7 Å². The highest BCUT2D eigenvalue weighted by molar-refractivity contribution is 4.94. The van der Waals surface area contributed by atoms with Gasteiger partial charge in [0.2, 0.25) is 0 Å². The minimum atomic E-state index is -3.24. The summed E-state index contributed by atoms with van der Waals surface area (Å²) in [6, 6.07) is 0. The van der Waals surface area contributed by atoms with Gasteiger partial charge in [-0.1, -0.05) is 13.8 Å². The Hall–Kier alpha value is -0.260. The third-order valence-corrected chi connectivity index (χ3v) is 1.85. The van der Waals surface area contributed by atoms with Crippen LogP contribution in [-0.2, 0) is 4.74 Å². The van der Waals surface area contributed by atoms with Gasteiger partial charge in [-0.3, -0.25) is 0 Å². The molecule has 0 saturated carbocycles. The van der Waals surface area contributed by atoms with Gasteiger partial charge in [0.1, 0.15) is 18.3 Å². The van der Waals surface area contributed by atoms with Crippen LogP contribution in [0.1, 0.15) is 20.8 Å². The number of rotatable bonds is 1. The molecule has 0 aromatic carbocycles. The molecule has 2 N–H and O–H groups in total. The summed E-state index contributed by atoms with van der Waals surface area (Å²) in [5, 5.41) is 17.3. The zero-order valence-corrected chi connectivity index (χ0v) is 8.00. The summed E-state index contributed by atoms with van der Waals surface area (Å²) in [7, 11) is 0. The SMILES string of the molecule is CC.CC1OC(CO)C(O)C1(F)F. The third kappa shape index (κ3) is 2.36. The first-order valence-electron chi connectivity index (χ1n) is 4.32. The van der Waals surface area contributed by atoms with Crippen LogP contribution in [-0.4, -0.2) is 41.1 Å². The molecule has 1 aliphatic heterocycles. The Kier molecular flexibility index (Phi) is 4.74. The molecule has 3 unspecified atom stereocenters. The standard InChI is InChI=1S/C6H10F2O3.C2H6/c1-3-6(7,8)5(10)4(2-9)11-3;1-2/h3-5,9-10H,2H2,1H3;1-2H3. The molecule has 3 nitrogen and oxygen atoms in total. The maximum atomic E-state index is 12.7. The first kappa shape index (κ1) is 12.7. The highest BCUT2D eigenvalue weighted by atomic mass is 19.3. The van der Waals surface area contributed by atoms with Crippen LogP contribution >= 0.6 is 0 Å². The zero-order chi connectivity index (χ0) is 10.6. The fraction of sp³-hybridized carbons (Fsp3) is 1.00. The molecule has 0 bridgehead atoms. The highest BCUT2D eigenvalue weighted by Gasteiger charge is 2.55. The van der Waals surface area contributed by atoms with Crippen LogP contribution in [0.15, 0.2) is 0 Å². The van der Waals surface area contributed by atoms with Gasteiger partial charge in [0.25, 0.3) is 0 Å². The molecule has 1 fully saturated rings. The van der Waals surface area contributed by atoms with Gasteiger partial charge in [-0.2, -0.15) is 0 Å². The normalized spacial score (nSPS) is 36.7. The average Bonchev–Trinajstić information content (AvgIpc) is 2.32. The van der Waals surface area contributed by atoms with Crippen molar-refractivity contribution in [3.8, 4) is 0 Å². The van der Waals surface area contributed by atoms with E-state index in [0.717, 1.165) is 0 Å². The minimum Gasteiger partial charge on any atom is -0.394 e. The van der Waals surface area contributed by atoms with Crippen LogP contribution in [0, 0.1) is 0 Å². The van der Waals surface area contributed by atoms with Gasteiger partial charge < -0.3 is 14.9 Å². The summed E-state index contributed by atoms with van der Waals surface area (Å²) in [6.07, 6.45) is -4.36. The fourth-order valence-electron chi connectivity index (χ4n) is 1.06. The van der Waals surface area contributed by atoms with E-state index < -0.39 is 30.8 Å². The molecule has 0 aromatic rings. The summed E-state index contributed by atoms with van der Waals surface area (Å²) in [6.45, 7) is 4.58. The smallest absolute Gasteiger partial charge is 0.301 e. The van der Waals surface area contributed by atoms with Crippen LogP contribution in [0.2, 0.25) is 0 Å². The van der Waals surface area contributed by atoms with E-state index in [9.17, 15) is 8.78 Å². The molecule has 1 aliphatic rings. The number of hydrogen-bond donors (Lipinski definition) is 2. The predicted molar refractivity (Wildman–Crippen MR) is 43.7 cm³/mol. The van der Waals surface area contributed by atoms with Gasteiger partial charge in [0.05, 0.1) is 6.61 Å². The Morgan fingerprint density at radius 3 is 2.00 bits per heavy atom. The summed E-state index contributed by atoms with van der Waals surface area (Å²) in [4.78, 5) is 0. The Bertz CT molecular complexity index is 152. The van der Waals surface area contributed by atoms with E-state index in [4.69, 9.17) is 10.2 Å². The fourth-order valence-corrected chi connectivity index (χ4v) is 1.06. The zero-order valence-electron chi connectivity index (χ0n) is 8.00. The van der Waals surface area contributed by atoms with Crippen molar-refractivity contribution in [3.05, 3.63) is 0 Å². The molecular formula is C8H16F2O3. The second-order valence-corrected chi connectivity index (χ2v) is 2.62. The molecule has 0 aromatic heterocycles. The molecule has 13 heavy (non-hydrogen) atoms. The maximum Gasteiger partial charge on any atom is 0.301 e. The van der Waals surface area contributed by atoms with Gasteiger partial charge in [0, 0.05) is 0 Å². The molecular weight excluding hydrogens is 182 g/mol. The minimum absolute atomic E-state index is 0.582. The van der Waals surface area contributed by atoms with Gasteiger partial charge in [0.15, 0.2) is 0 Å². The van der Waals surface area contributed by atoms with Crippen LogP contribution in [0.25, 0.3) is 0 Å². The molecule has 80 valence electrons. The molecule has 1 heterocycles. The lowest BCUT2D eigenvalue weighted by molar-refractivity contribution is -0.106. The second kappa shape index (κ2) is 4.83. The summed E-state index contributed by atoms with van der Waals surface area (Å²) >= 11 is 0. The maximum absolute atomic E-state index is 12.7. The third-order valence-electron chi connectivity index (χ3n) is 1.85. The molecule has 0 amide bonds. The van der Waals surface area contributed by atoms with Crippen molar-refractivity contribution in [1.82, 2.24) is 0 Å².